The van der Waals surface area contributed by atoms with Crippen molar-refractivity contribution < 1.29 is 18.7 Å². The zero-order chi connectivity index (χ0) is 17.3. The largest absolute Gasteiger partial charge is 0.494 e. The van der Waals surface area contributed by atoms with E-state index in [0.29, 0.717) is 44.1 Å². The van der Waals surface area contributed by atoms with Gasteiger partial charge in [-0.2, -0.15) is 0 Å². The first-order valence-corrected chi connectivity index (χ1v) is 8.22. The van der Waals surface area contributed by atoms with Crippen LogP contribution in [0, 0.1) is 6.92 Å². The Morgan fingerprint density at radius 2 is 1.83 bits per heavy atom. The number of carbonyl (C=O) groups is 2. The van der Waals surface area contributed by atoms with Crippen molar-refractivity contribution in [3.63, 3.8) is 0 Å². The van der Waals surface area contributed by atoms with Gasteiger partial charge in [-0.05, 0) is 32.0 Å². The van der Waals surface area contributed by atoms with Gasteiger partial charge in [-0.1, -0.05) is 0 Å². The number of rotatable bonds is 3. The maximum atomic E-state index is 12.8. The normalized spacial score (nSPS) is 15.0. The minimum atomic E-state index is -0.120. The number of fused-ring (bicyclic) bond motifs is 1. The third-order valence-corrected chi connectivity index (χ3v) is 4.43. The Kier molecular flexibility index (Phi) is 4.46. The fourth-order valence-corrected chi connectivity index (χ4v) is 3.03. The number of amides is 2. The van der Waals surface area contributed by atoms with E-state index in [2.05, 4.69) is 0 Å². The Bertz CT molecular complexity index is 773. The number of carbonyl (C=O) groups excluding carboxylic acids is 2. The number of hydrogen-bond acceptors (Lipinski definition) is 4. The Labute approximate surface area is 141 Å². The number of nitrogens with zero attached hydrogens (tertiary/aromatic N) is 2. The number of hydrogen-bond donors (Lipinski definition) is 0. The van der Waals surface area contributed by atoms with Crippen LogP contribution < -0.4 is 4.74 Å². The summed E-state index contributed by atoms with van der Waals surface area (Å²) < 4.78 is 11.3. The smallest absolute Gasteiger partial charge is 0.290 e. The van der Waals surface area contributed by atoms with Crippen molar-refractivity contribution in [3.05, 3.63) is 29.5 Å². The molecule has 0 spiro atoms. The molecule has 0 radical (unpaired) electrons. The molecular formula is C18H22N2O4. The van der Waals surface area contributed by atoms with Crippen LogP contribution in [0.4, 0.5) is 0 Å². The van der Waals surface area contributed by atoms with Gasteiger partial charge in [0.25, 0.3) is 5.91 Å². The lowest BCUT2D eigenvalue weighted by atomic mass is 10.1. The van der Waals surface area contributed by atoms with E-state index in [1.807, 2.05) is 32.0 Å². The number of aryl methyl sites for hydroxylation is 1. The van der Waals surface area contributed by atoms with Crippen molar-refractivity contribution in [2.75, 3.05) is 32.8 Å². The highest BCUT2D eigenvalue weighted by Crippen LogP contribution is 2.29. The Hall–Kier alpha value is -2.50. The van der Waals surface area contributed by atoms with E-state index in [1.165, 1.54) is 0 Å². The third-order valence-electron chi connectivity index (χ3n) is 4.43. The van der Waals surface area contributed by atoms with Crippen LogP contribution >= 0.6 is 0 Å². The lowest BCUT2D eigenvalue weighted by Crippen LogP contribution is -2.50. The van der Waals surface area contributed by atoms with Crippen molar-refractivity contribution >= 4 is 22.8 Å². The highest BCUT2D eigenvalue weighted by atomic mass is 16.5. The van der Waals surface area contributed by atoms with E-state index in [-0.39, 0.29) is 11.8 Å². The van der Waals surface area contributed by atoms with Crippen molar-refractivity contribution in [1.82, 2.24) is 9.80 Å². The van der Waals surface area contributed by atoms with E-state index in [4.69, 9.17) is 9.15 Å². The number of ether oxygens (including phenoxy) is 1. The van der Waals surface area contributed by atoms with E-state index in [1.54, 1.807) is 16.7 Å². The zero-order valence-electron chi connectivity index (χ0n) is 14.3. The van der Waals surface area contributed by atoms with Gasteiger partial charge in [0.2, 0.25) is 5.91 Å². The van der Waals surface area contributed by atoms with Crippen LogP contribution in [0.25, 0.3) is 11.0 Å². The second-order valence-electron chi connectivity index (χ2n) is 5.95. The molecule has 0 aliphatic carbocycles. The molecule has 128 valence electrons. The maximum absolute atomic E-state index is 12.8. The summed E-state index contributed by atoms with van der Waals surface area (Å²) in [5.41, 5.74) is 1.51. The summed E-state index contributed by atoms with van der Waals surface area (Å²) in [4.78, 5) is 27.7. The number of furan rings is 1. The van der Waals surface area contributed by atoms with Gasteiger partial charge < -0.3 is 19.0 Å². The minimum Gasteiger partial charge on any atom is -0.494 e. The van der Waals surface area contributed by atoms with Crippen LogP contribution in [-0.2, 0) is 4.79 Å². The van der Waals surface area contributed by atoms with Gasteiger partial charge in [-0.15, -0.1) is 0 Å². The molecule has 0 atom stereocenters. The Morgan fingerprint density at radius 3 is 2.46 bits per heavy atom. The van der Waals surface area contributed by atoms with Crippen LogP contribution in [0.3, 0.4) is 0 Å². The highest BCUT2D eigenvalue weighted by molar-refractivity contribution is 5.99. The molecule has 0 N–H and O–H groups in total. The van der Waals surface area contributed by atoms with Crippen LogP contribution in [-0.4, -0.2) is 54.4 Å². The van der Waals surface area contributed by atoms with Gasteiger partial charge in [0.15, 0.2) is 5.76 Å². The van der Waals surface area contributed by atoms with E-state index in [9.17, 15) is 9.59 Å². The van der Waals surface area contributed by atoms with Crippen LogP contribution in [0.5, 0.6) is 5.75 Å². The molecule has 3 rings (SSSR count). The molecule has 1 fully saturated rings. The standard InChI is InChI=1S/C18H22N2O4/c1-4-23-14-5-6-16-15(11-14)12(2)17(24-16)18(22)20-9-7-19(8-10-20)13(3)21/h5-6,11H,4,7-10H2,1-3H3. The van der Waals surface area contributed by atoms with Gasteiger partial charge in [0.05, 0.1) is 6.61 Å². The average molecular weight is 330 g/mol. The Morgan fingerprint density at radius 1 is 1.17 bits per heavy atom. The molecule has 1 saturated heterocycles. The summed E-state index contributed by atoms with van der Waals surface area (Å²) >= 11 is 0. The summed E-state index contributed by atoms with van der Waals surface area (Å²) in [5.74, 6) is 1.06. The molecule has 1 aliphatic rings. The fourth-order valence-electron chi connectivity index (χ4n) is 3.03. The molecule has 0 saturated carbocycles. The Balaban J connectivity index is 1.83. The summed E-state index contributed by atoms with van der Waals surface area (Å²) in [5, 5.41) is 0.895. The van der Waals surface area contributed by atoms with Crippen LogP contribution in [0.1, 0.15) is 30.0 Å². The number of piperazine rings is 1. The average Bonchev–Trinajstić information content (AvgIpc) is 2.91. The quantitative estimate of drug-likeness (QED) is 0.867. The monoisotopic (exact) mass is 330 g/mol. The molecule has 2 heterocycles. The van der Waals surface area contributed by atoms with Gasteiger partial charge in [0.1, 0.15) is 11.3 Å². The zero-order valence-corrected chi connectivity index (χ0v) is 14.3. The molecular weight excluding hydrogens is 308 g/mol. The molecule has 0 unspecified atom stereocenters. The molecule has 1 aromatic heterocycles. The predicted octanol–water partition coefficient (Wildman–Crippen LogP) is 2.44. The molecule has 1 aliphatic heterocycles. The van der Waals surface area contributed by atoms with Crippen molar-refractivity contribution in [3.8, 4) is 5.75 Å². The van der Waals surface area contributed by atoms with Crippen molar-refractivity contribution in [2.24, 2.45) is 0 Å². The predicted molar refractivity (Wildman–Crippen MR) is 90.3 cm³/mol. The van der Waals surface area contributed by atoms with Crippen LogP contribution in [0.15, 0.2) is 22.6 Å². The molecule has 6 nitrogen and oxygen atoms in total. The molecule has 1 aromatic carbocycles. The lowest BCUT2D eigenvalue weighted by Gasteiger charge is -2.33. The lowest BCUT2D eigenvalue weighted by molar-refractivity contribution is -0.130. The van der Waals surface area contributed by atoms with Crippen LogP contribution in [0.2, 0.25) is 0 Å². The summed E-state index contributed by atoms with van der Waals surface area (Å²) in [6.45, 7) is 8.15. The summed E-state index contributed by atoms with van der Waals surface area (Å²) in [6, 6.07) is 5.58. The summed E-state index contributed by atoms with van der Waals surface area (Å²) in [6.07, 6.45) is 0. The van der Waals surface area contributed by atoms with E-state index in [0.717, 1.165) is 16.7 Å². The topological polar surface area (TPSA) is 63.0 Å². The van der Waals surface area contributed by atoms with Gasteiger partial charge in [-0.3, -0.25) is 9.59 Å². The fraction of sp³-hybridized carbons (Fsp3) is 0.444. The third kappa shape index (κ3) is 2.96. The van der Waals surface area contributed by atoms with E-state index >= 15 is 0 Å². The maximum Gasteiger partial charge on any atom is 0.290 e. The molecule has 2 aromatic rings. The van der Waals surface area contributed by atoms with Gasteiger partial charge in [0, 0.05) is 44.1 Å². The highest BCUT2D eigenvalue weighted by Gasteiger charge is 2.27. The first-order chi connectivity index (χ1) is 11.5. The second-order valence-corrected chi connectivity index (χ2v) is 5.95. The first kappa shape index (κ1) is 16.4. The summed E-state index contributed by atoms with van der Waals surface area (Å²) in [7, 11) is 0. The van der Waals surface area contributed by atoms with Crippen molar-refractivity contribution in [2.45, 2.75) is 20.8 Å². The minimum absolute atomic E-state index is 0.0467. The van der Waals surface area contributed by atoms with Gasteiger partial charge in [-0.25, -0.2) is 0 Å². The second kappa shape index (κ2) is 6.55. The van der Waals surface area contributed by atoms with E-state index < -0.39 is 0 Å². The molecule has 24 heavy (non-hydrogen) atoms. The number of benzene rings is 1. The molecule has 6 heteroatoms. The van der Waals surface area contributed by atoms with Crippen molar-refractivity contribution in [1.29, 1.82) is 0 Å². The molecule has 2 amide bonds. The van der Waals surface area contributed by atoms with Gasteiger partial charge >= 0.3 is 0 Å². The first-order valence-electron chi connectivity index (χ1n) is 8.22. The molecule has 0 bridgehead atoms. The SMILES string of the molecule is CCOc1ccc2oc(C(=O)N3CCN(C(C)=O)CC3)c(C)c2c1.